The first-order valence-electron chi connectivity index (χ1n) is 6.66. The largest absolute Gasteiger partial charge is 0.505 e. The molecule has 0 fully saturated rings. The van der Waals surface area contributed by atoms with E-state index in [1.165, 1.54) is 48.5 Å². The fraction of sp³-hybridized carbons (Fsp3) is 0.0625. The minimum Gasteiger partial charge on any atom is -0.505 e. The van der Waals surface area contributed by atoms with Crippen molar-refractivity contribution in [3.05, 3.63) is 69.3 Å². The number of aliphatic hydroxyl groups excluding tert-OH is 1. The van der Waals surface area contributed by atoms with Crippen LogP contribution in [0.4, 0.5) is 18.9 Å². The average molecular weight is 434 g/mol. The molecule has 25 heavy (non-hydrogen) atoms. The van der Waals surface area contributed by atoms with Crippen molar-refractivity contribution in [3.8, 4) is 0 Å². The molecule has 0 aliphatic carbocycles. The van der Waals surface area contributed by atoms with Gasteiger partial charge in [0, 0.05) is 15.1 Å². The van der Waals surface area contributed by atoms with Gasteiger partial charge in [-0.15, -0.1) is 5.11 Å². The van der Waals surface area contributed by atoms with E-state index >= 15 is 0 Å². The van der Waals surface area contributed by atoms with E-state index in [0.29, 0.717) is 9.50 Å². The lowest BCUT2D eigenvalue weighted by molar-refractivity contribution is -0.166. The summed E-state index contributed by atoms with van der Waals surface area (Å²) < 4.78 is 39.1. The van der Waals surface area contributed by atoms with Crippen LogP contribution in [0.1, 0.15) is 5.56 Å². The lowest BCUT2D eigenvalue weighted by Crippen LogP contribution is -2.24. The number of ketones is 1. The van der Waals surface area contributed by atoms with Crippen LogP contribution < -0.4 is 0 Å². The van der Waals surface area contributed by atoms with Gasteiger partial charge in [-0.25, -0.2) is 0 Å². The van der Waals surface area contributed by atoms with E-state index in [1.807, 2.05) is 0 Å². The van der Waals surface area contributed by atoms with Crippen molar-refractivity contribution in [2.24, 2.45) is 10.2 Å². The Morgan fingerprint density at radius 2 is 1.76 bits per heavy atom. The smallest absolute Gasteiger partial charge is 0.456 e. The summed E-state index contributed by atoms with van der Waals surface area (Å²) in [5.41, 5.74) is -1.10. The maximum atomic E-state index is 12.8. The van der Waals surface area contributed by atoms with Gasteiger partial charge < -0.3 is 5.11 Å². The van der Waals surface area contributed by atoms with Gasteiger partial charge in [-0.05, 0) is 30.3 Å². The molecule has 0 aliphatic rings. The number of Topliss-reactive ketones (excluding diaryl/α,β-unsaturated/α-hetero) is 1. The molecule has 2 aromatic rings. The molecule has 0 atom stereocenters. The molecular weight excluding hydrogens is 425 g/mol. The molecule has 4 nitrogen and oxygen atoms in total. The standard InChI is InChI=1S/C16H9BrClF3N2O2/c17-10-6-4-9(5-7-10)14(24)13(15(25)16(19,20)21)23-22-12-3-1-2-11(18)8-12/h1-8,24H/b14-13-,23-22?. The number of nitrogens with zero attached hydrogens (tertiary/aromatic N) is 2. The Labute approximate surface area is 153 Å². The SMILES string of the molecule is O=C(/C(N=Nc1cccc(Cl)c1)=C(/O)c1ccc(Br)cc1)C(F)(F)F. The third-order valence-electron chi connectivity index (χ3n) is 2.89. The van der Waals surface area contributed by atoms with Gasteiger partial charge in [0.25, 0.3) is 5.78 Å². The minimum absolute atomic E-state index is 0.0131. The topological polar surface area (TPSA) is 62.0 Å². The minimum atomic E-state index is -5.22. The van der Waals surface area contributed by atoms with Crippen LogP contribution in [-0.2, 0) is 4.79 Å². The Balaban J connectivity index is 2.51. The summed E-state index contributed by atoms with van der Waals surface area (Å²) in [6.45, 7) is 0. The number of alkyl halides is 3. The summed E-state index contributed by atoms with van der Waals surface area (Å²) in [6.07, 6.45) is -5.22. The third-order valence-corrected chi connectivity index (χ3v) is 3.65. The zero-order chi connectivity index (χ0) is 18.6. The highest BCUT2D eigenvalue weighted by molar-refractivity contribution is 9.10. The van der Waals surface area contributed by atoms with E-state index < -0.39 is 23.4 Å². The van der Waals surface area contributed by atoms with Gasteiger partial charge in [-0.3, -0.25) is 4.79 Å². The van der Waals surface area contributed by atoms with Crippen molar-refractivity contribution in [2.75, 3.05) is 0 Å². The van der Waals surface area contributed by atoms with Crippen LogP contribution in [0.5, 0.6) is 0 Å². The summed E-state index contributed by atoms with van der Waals surface area (Å²) in [7, 11) is 0. The zero-order valence-corrected chi connectivity index (χ0v) is 14.6. The van der Waals surface area contributed by atoms with E-state index in [-0.39, 0.29) is 11.3 Å². The first-order chi connectivity index (χ1) is 11.7. The molecule has 0 spiro atoms. The number of carbonyl (C=O) groups excluding carboxylic acids is 1. The fourth-order valence-corrected chi connectivity index (χ4v) is 2.17. The number of rotatable bonds is 4. The molecule has 130 valence electrons. The molecule has 0 saturated carbocycles. The second kappa shape index (κ2) is 7.79. The van der Waals surface area contributed by atoms with Gasteiger partial charge in [0.2, 0.25) is 0 Å². The Kier molecular flexibility index (Phi) is 5.97. The van der Waals surface area contributed by atoms with Gasteiger partial charge >= 0.3 is 6.18 Å². The second-order valence-corrected chi connectivity index (χ2v) is 6.06. The van der Waals surface area contributed by atoms with Gasteiger partial charge in [0.05, 0.1) is 5.69 Å². The Bertz CT molecular complexity index is 849. The van der Waals surface area contributed by atoms with Crippen molar-refractivity contribution < 1.29 is 23.1 Å². The van der Waals surface area contributed by atoms with Crippen molar-refractivity contribution in [2.45, 2.75) is 6.18 Å². The number of halogens is 5. The van der Waals surface area contributed by atoms with Crippen LogP contribution in [0.2, 0.25) is 5.02 Å². The maximum absolute atomic E-state index is 12.8. The van der Waals surface area contributed by atoms with Crippen LogP contribution in [-0.4, -0.2) is 17.1 Å². The highest BCUT2D eigenvalue weighted by atomic mass is 79.9. The molecule has 0 aliphatic heterocycles. The summed E-state index contributed by atoms with van der Waals surface area (Å²) in [5.74, 6) is -3.24. The van der Waals surface area contributed by atoms with Gasteiger partial charge in [0.1, 0.15) is 0 Å². The normalized spacial score (nSPS) is 13.0. The predicted molar refractivity (Wildman–Crippen MR) is 90.7 cm³/mol. The van der Waals surface area contributed by atoms with Crippen LogP contribution >= 0.6 is 27.5 Å². The zero-order valence-electron chi connectivity index (χ0n) is 12.3. The number of carbonyl (C=O) groups is 1. The number of hydrogen-bond acceptors (Lipinski definition) is 4. The molecule has 0 unspecified atom stereocenters. The van der Waals surface area contributed by atoms with Crippen molar-refractivity contribution in [3.63, 3.8) is 0 Å². The summed E-state index contributed by atoms with van der Waals surface area (Å²) >= 11 is 8.92. The van der Waals surface area contributed by atoms with Crippen LogP contribution in [0.15, 0.2) is 68.9 Å². The molecule has 0 aromatic heterocycles. The molecule has 0 bridgehead atoms. The van der Waals surface area contributed by atoms with Gasteiger partial charge in [0.15, 0.2) is 11.5 Å². The molecular formula is C16H9BrClF3N2O2. The van der Waals surface area contributed by atoms with E-state index in [2.05, 4.69) is 26.2 Å². The highest BCUT2D eigenvalue weighted by Gasteiger charge is 2.43. The van der Waals surface area contributed by atoms with Gasteiger partial charge in [-0.1, -0.05) is 45.7 Å². The molecule has 1 N–H and O–H groups in total. The molecule has 0 radical (unpaired) electrons. The third kappa shape index (κ3) is 5.14. The number of hydrogen-bond donors (Lipinski definition) is 1. The predicted octanol–water partition coefficient (Wildman–Crippen LogP) is 6.24. The van der Waals surface area contributed by atoms with Crippen molar-refractivity contribution >= 4 is 44.8 Å². The molecule has 9 heteroatoms. The van der Waals surface area contributed by atoms with Gasteiger partial charge in [-0.2, -0.15) is 18.3 Å². The first kappa shape index (κ1) is 19.1. The summed E-state index contributed by atoms with van der Waals surface area (Å²) in [4.78, 5) is 11.6. The number of azo groups is 1. The Morgan fingerprint density at radius 3 is 2.32 bits per heavy atom. The monoisotopic (exact) mass is 432 g/mol. The fourth-order valence-electron chi connectivity index (χ4n) is 1.73. The molecule has 0 heterocycles. The van der Waals surface area contributed by atoms with Crippen molar-refractivity contribution in [1.82, 2.24) is 0 Å². The molecule has 0 amide bonds. The van der Waals surface area contributed by atoms with Crippen LogP contribution in [0.25, 0.3) is 5.76 Å². The number of benzene rings is 2. The summed E-state index contributed by atoms with van der Waals surface area (Å²) in [6, 6.07) is 11.5. The molecule has 0 saturated heterocycles. The van der Waals surface area contributed by atoms with Crippen LogP contribution in [0.3, 0.4) is 0 Å². The Morgan fingerprint density at radius 1 is 1.12 bits per heavy atom. The molecule has 2 aromatic carbocycles. The Hall–Kier alpha value is -2.19. The number of allylic oxidation sites excluding steroid dienone is 1. The maximum Gasteiger partial charge on any atom is 0.456 e. The molecule has 2 rings (SSSR count). The first-order valence-corrected chi connectivity index (χ1v) is 7.83. The lowest BCUT2D eigenvalue weighted by atomic mass is 10.1. The highest BCUT2D eigenvalue weighted by Crippen LogP contribution is 2.28. The van der Waals surface area contributed by atoms with Crippen molar-refractivity contribution in [1.29, 1.82) is 0 Å². The number of aliphatic hydroxyl groups is 1. The van der Waals surface area contributed by atoms with E-state index in [0.717, 1.165) is 0 Å². The quantitative estimate of drug-likeness (QED) is 0.352. The van der Waals surface area contributed by atoms with E-state index in [9.17, 15) is 23.1 Å². The van der Waals surface area contributed by atoms with Crippen LogP contribution in [0, 0.1) is 0 Å². The van der Waals surface area contributed by atoms with E-state index in [4.69, 9.17) is 11.6 Å². The lowest BCUT2D eigenvalue weighted by Gasteiger charge is -2.08. The van der Waals surface area contributed by atoms with E-state index in [1.54, 1.807) is 0 Å². The average Bonchev–Trinajstić information content (AvgIpc) is 2.54. The second-order valence-electron chi connectivity index (χ2n) is 4.71. The summed E-state index contributed by atoms with van der Waals surface area (Å²) in [5, 5.41) is 17.3.